The van der Waals surface area contributed by atoms with Gasteiger partial charge in [0.05, 0.1) is 10.4 Å². The Balaban J connectivity index is 2.41. The standard InChI is InChI=1S/C15H18BrF2NO2/c1-15(2,3)19-6-9(10(7-19)14(20)21)8-4-11(16)13(18)5-12(8)17/h4-5,9-10H,6-7H2,1-3H3,(H,20,21)/t9-,10+/m1/s1. The molecule has 0 saturated carbocycles. The molecule has 6 heteroatoms. The minimum Gasteiger partial charge on any atom is -0.481 e. The third-order valence-electron chi connectivity index (χ3n) is 4.02. The number of hydrogen-bond acceptors (Lipinski definition) is 2. The summed E-state index contributed by atoms with van der Waals surface area (Å²) in [7, 11) is 0. The third-order valence-corrected chi connectivity index (χ3v) is 4.63. The Bertz CT molecular complexity index is 572. The summed E-state index contributed by atoms with van der Waals surface area (Å²) in [4.78, 5) is 13.5. The molecular weight excluding hydrogens is 344 g/mol. The van der Waals surface area contributed by atoms with Gasteiger partial charge in [-0.05, 0) is 48.3 Å². The van der Waals surface area contributed by atoms with Gasteiger partial charge in [0.25, 0.3) is 0 Å². The van der Waals surface area contributed by atoms with Crippen LogP contribution in [0, 0.1) is 17.6 Å². The van der Waals surface area contributed by atoms with E-state index in [9.17, 15) is 18.7 Å². The Kier molecular flexibility index (Phi) is 4.40. The Morgan fingerprint density at radius 2 is 1.90 bits per heavy atom. The molecule has 1 fully saturated rings. The van der Waals surface area contributed by atoms with Crippen LogP contribution in [-0.2, 0) is 4.79 Å². The molecule has 0 unspecified atom stereocenters. The Morgan fingerprint density at radius 1 is 1.29 bits per heavy atom. The highest BCUT2D eigenvalue weighted by molar-refractivity contribution is 9.10. The van der Waals surface area contributed by atoms with Crippen LogP contribution in [0.4, 0.5) is 8.78 Å². The van der Waals surface area contributed by atoms with Crippen LogP contribution >= 0.6 is 15.9 Å². The van der Waals surface area contributed by atoms with Gasteiger partial charge in [0, 0.05) is 30.6 Å². The fourth-order valence-corrected chi connectivity index (χ4v) is 3.10. The molecule has 2 atom stereocenters. The SMILES string of the molecule is CC(C)(C)N1C[C@H](C(=O)O)[C@@H](c2cc(Br)c(F)cc2F)C1. The van der Waals surface area contributed by atoms with Gasteiger partial charge in [-0.1, -0.05) is 0 Å². The van der Waals surface area contributed by atoms with Crippen molar-refractivity contribution in [2.24, 2.45) is 5.92 Å². The van der Waals surface area contributed by atoms with Crippen molar-refractivity contribution < 1.29 is 18.7 Å². The van der Waals surface area contributed by atoms with Gasteiger partial charge >= 0.3 is 5.97 Å². The molecule has 1 aromatic rings. The van der Waals surface area contributed by atoms with E-state index in [0.717, 1.165) is 6.07 Å². The molecule has 2 rings (SSSR count). The predicted octanol–water partition coefficient (Wildman–Crippen LogP) is 3.63. The molecule has 0 bridgehead atoms. The zero-order chi connectivity index (χ0) is 15.9. The highest BCUT2D eigenvalue weighted by atomic mass is 79.9. The number of rotatable bonds is 2. The first-order valence-electron chi connectivity index (χ1n) is 6.73. The minimum atomic E-state index is -0.952. The molecule has 1 aliphatic heterocycles. The molecule has 1 aliphatic rings. The monoisotopic (exact) mass is 361 g/mol. The molecule has 0 radical (unpaired) electrons. The van der Waals surface area contributed by atoms with E-state index in [2.05, 4.69) is 15.9 Å². The first-order chi connectivity index (χ1) is 9.61. The molecule has 1 heterocycles. The van der Waals surface area contributed by atoms with E-state index in [1.54, 1.807) is 0 Å². The Morgan fingerprint density at radius 3 is 2.43 bits per heavy atom. The number of hydrogen-bond donors (Lipinski definition) is 1. The number of nitrogens with zero attached hydrogens (tertiary/aromatic N) is 1. The molecule has 0 aliphatic carbocycles. The lowest BCUT2D eigenvalue weighted by molar-refractivity contribution is -0.141. The van der Waals surface area contributed by atoms with Gasteiger partial charge in [0.15, 0.2) is 0 Å². The molecule has 0 spiro atoms. The van der Waals surface area contributed by atoms with Crippen molar-refractivity contribution in [3.05, 3.63) is 33.8 Å². The molecule has 1 saturated heterocycles. The summed E-state index contributed by atoms with van der Waals surface area (Å²) < 4.78 is 27.6. The zero-order valence-corrected chi connectivity index (χ0v) is 13.7. The van der Waals surface area contributed by atoms with E-state index in [0.29, 0.717) is 13.1 Å². The van der Waals surface area contributed by atoms with Crippen molar-refractivity contribution in [2.45, 2.75) is 32.2 Å². The van der Waals surface area contributed by atoms with E-state index in [1.165, 1.54) is 6.07 Å². The summed E-state index contributed by atoms with van der Waals surface area (Å²) >= 11 is 3.04. The molecule has 21 heavy (non-hydrogen) atoms. The fourth-order valence-electron chi connectivity index (χ4n) is 2.74. The summed E-state index contributed by atoms with van der Waals surface area (Å²) in [6.07, 6.45) is 0. The number of carboxylic acid groups (broad SMARTS) is 1. The van der Waals surface area contributed by atoms with E-state index in [1.807, 2.05) is 25.7 Å². The maximum absolute atomic E-state index is 14.1. The van der Waals surface area contributed by atoms with Gasteiger partial charge < -0.3 is 5.11 Å². The van der Waals surface area contributed by atoms with Crippen LogP contribution < -0.4 is 0 Å². The molecule has 0 aromatic heterocycles. The Hall–Kier alpha value is -1.01. The number of carboxylic acids is 1. The van der Waals surface area contributed by atoms with Crippen molar-refractivity contribution >= 4 is 21.9 Å². The summed E-state index contributed by atoms with van der Waals surface area (Å²) in [5.74, 6) is -3.52. The van der Waals surface area contributed by atoms with Crippen LogP contribution in [-0.4, -0.2) is 34.6 Å². The average molecular weight is 362 g/mol. The molecular formula is C15H18BrF2NO2. The normalized spacial score (nSPS) is 23.5. The van der Waals surface area contributed by atoms with Gasteiger partial charge in [-0.15, -0.1) is 0 Å². The van der Waals surface area contributed by atoms with E-state index >= 15 is 0 Å². The first kappa shape index (κ1) is 16.4. The lowest BCUT2D eigenvalue weighted by Gasteiger charge is -2.31. The van der Waals surface area contributed by atoms with Gasteiger partial charge in [-0.3, -0.25) is 9.69 Å². The quantitative estimate of drug-likeness (QED) is 0.817. The van der Waals surface area contributed by atoms with Crippen molar-refractivity contribution in [2.75, 3.05) is 13.1 Å². The Labute approximate surface area is 131 Å². The lowest BCUT2D eigenvalue weighted by Crippen LogP contribution is -2.40. The zero-order valence-electron chi connectivity index (χ0n) is 12.2. The number of carbonyl (C=O) groups is 1. The summed E-state index contributed by atoms with van der Waals surface area (Å²) in [5.41, 5.74) is 0.0540. The van der Waals surface area contributed by atoms with Crippen molar-refractivity contribution in [1.29, 1.82) is 0 Å². The summed E-state index contributed by atoms with van der Waals surface area (Å²) in [5, 5.41) is 9.41. The molecule has 116 valence electrons. The highest BCUT2D eigenvalue weighted by Gasteiger charge is 2.43. The van der Waals surface area contributed by atoms with Crippen molar-refractivity contribution in [3.8, 4) is 0 Å². The van der Waals surface area contributed by atoms with Gasteiger partial charge in [0.1, 0.15) is 11.6 Å². The third kappa shape index (κ3) is 3.26. The lowest BCUT2D eigenvalue weighted by atomic mass is 9.88. The van der Waals surface area contributed by atoms with Gasteiger partial charge in [-0.25, -0.2) is 8.78 Å². The van der Waals surface area contributed by atoms with Crippen LogP contribution in [0.5, 0.6) is 0 Å². The number of likely N-dealkylation sites (tertiary alicyclic amines) is 1. The van der Waals surface area contributed by atoms with E-state index in [-0.39, 0.29) is 15.6 Å². The second kappa shape index (κ2) is 5.65. The summed E-state index contributed by atoms with van der Waals surface area (Å²) in [6, 6.07) is 2.16. The van der Waals surface area contributed by atoms with Crippen molar-refractivity contribution in [1.82, 2.24) is 4.90 Å². The van der Waals surface area contributed by atoms with Crippen LogP contribution in [0.25, 0.3) is 0 Å². The topological polar surface area (TPSA) is 40.5 Å². The number of benzene rings is 1. The highest BCUT2D eigenvalue weighted by Crippen LogP contribution is 2.38. The van der Waals surface area contributed by atoms with Crippen LogP contribution in [0.3, 0.4) is 0 Å². The van der Waals surface area contributed by atoms with Crippen molar-refractivity contribution in [3.63, 3.8) is 0 Å². The molecule has 0 amide bonds. The smallest absolute Gasteiger partial charge is 0.308 e. The maximum atomic E-state index is 14.1. The van der Waals surface area contributed by atoms with Gasteiger partial charge in [-0.2, -0.15) is 0 Å². The van der Waals surface area contributed by atoms with Crippen LogP contribution in [0.15, 0.2) is 16.6 Å². The van der Waals surface area contributed by atoms with Crippen LogP contribution in [0.1, 0.15) is 32.3 Å². The molecule has 1 N–H and O–H groups in total. The second-order valence-corrected chi connectivity index (χ2v) is 7.27. The molecule has 3 nitrogen and oxygen atoms in total. The number of halogens is 3. The average Bonchev–Trinajstić information content (AvgIpc) is 2.78. The summed E-state index contributed by atoms with van der Waals surface area (Å²) in [6.45, 7) is 6.77. The largest absolute Gasteiger partial charge is 0.481 e. The van der Waals surface area contributed by atoms with E-state index < -0.39 is 29.4 Å². The van der Waals surface area contributed by atoms with E-state index in [4.69, 9.17) is 0 Å². The predicted molar refractivity (Wildman–Crippen MR) is 79.3 cm³/mol. The second-order valence-electron chi connectivity index (χ2n) is 6.41. The molecule has 1 aromatic carbocycles. The fraction of sp³-hybridized carbons (Fsp3) is 0.533. The maximum Gasteiger partial charge on any atom is 0.308 e. The number of aliphatic carboxylic acids is 1. The van der Waals surface area contributed by atoms with Gasteiger partial charge in [0.2, 0.25) is 0 Å². The van der Waals surface area contributed by atoms with Crippen LogP contribution in [0.2, 0.25) is 0 Å². The minimum absolute atomic E-state index is 0.150. The first-order valence-corrected chi connectivity index (χ1v) is 7.53.